The van der Waals surface area contributed by atoms with Gasteiger partial charge in [-0.15, -0.1) is 0 Å². The lowest BCUT2D eigenvalue weighted by Crippen LogP contribution is -2.35. The number of aromatic nitrogens is 1. The van der Waals surface area contributed by atoms with Crippen molar-refractivity contribution < 1.29 is 14.3 Å². The van der Waals surface area contributed by atoms with Gasteiger partial charge in [0, 0.05) is 38.8 Å². The third kappa shape index (κ3) is 5.11. The summed E-state index contributed by atoms with van der Waals surface area (Å²) in [5, 5.41) is 10.4. The van der Waals surface area contributed by atoms with Crippen molar-refractivity contribution in [1.82, 2.24) is 14.4 Å². The van der Waals surface area contributed by atoms with E-state index in [0.717, 1.165) is 30.5 Å². The molecule has 0 radical (unpaired) electrons. The molecule has 0 aliphatic carbocycles. The van der Waals surface area contributed by atoms with E-state index >= 15 is 0 Å². The Morgan fingerprint density at radius 2 is 1.87 bits per heavy atom. The quantitative estimate of drug-likeness (QED) is 0.630. The SMILES string of the molecule is O=C(O)N(Cc1ccccc1)C[C@H]1CCN(CCn2c(=O)ccc3ccc(F)cc32)C1. The molecule has 2 aromatic carbocycles. The van der Waals surface area contributed by atoms with Gasteiger partial charge >= 0.3 is 6.09 Å². The van der Waals surface area contributed by atoms with Gasteiger partial charge in [-0.2, -0.15) is 0 Å². The molecule has 1 atom stereocenters. The highest BCUT2D eigenvalue weighted by atomic mass is 19.1. The van der Waals surface area contributed by atoms with Crippen molar-refractivity contribution in [3.63, 3.8) is 0 Å². The fraction of sp³-hybridized carbons (Fsp3) is 0.333. The number of fused-ring (bicyclic) bond motifs is 1. The number of likely N-dealkylation sites (tertiary alicyclic amines) is 1. The molecule has 162 valence electrons. The van der Waals surface area contributed by atoms with Gasteiger partial charge in [0.1, 0.15) is 5.82 Å². The molecule has 1 fully saturated rings. The highest BCUT2D eigenvalue weighted by Crippen LogP contribution is 2.20. The first-order valence-electron chi connectivity index (χ1n) is 10.5. The van der Waals surface area contributed by atoms with Gasteiger partial charge in [-0.05, 0) is 54.1 Å². The Balaban J connectivity index is 1.37. The fourth-order valence-electron chi connectivity index (χ4n) is 4.32. The zero-order chi connectivity index (χ0) is 21.8. The van der Waals surface area contributed by atoms with Gasteiger partial charge in [-0.3, -0.25) is 4.79 Å². The summed E-state index contributed by atoms with van der Waals surface area (Å²) < 4.78 is 15.3. The minimum Gasteiger partial charge on any atom is -0.465 e. The Morgan fingerprint density at radius 3 is 2.65 bits per heavy atom. The number of amides is 1. The molecule has 7 heteroatoms. The number of hydrogen-bond acceptors (Lipinski definition) is 3. The molecular weight excluding hydrogens is 397 g/mol. The standard InChI is InChI=1S/C24H26FN3O3/c25-21-8-6-20-7-9-23(29)28(22(20)14-21)13-12-26-11-10-19(15-26)17-27(24(30)31)16-18-4-2-1-3-5-18/h1-9,14,19H,10-13,15-17H2,(H,30,31)/t19-/m0/s1. The summed E-state index contributed by atoms with van der Waals surface area (Å²) >= 11 is 0. The maximum absolute atomic E-state index is 13.7. The number of carbonyl (C=O) groups is 1. The van der Waals surface area contributed by atoms with Crippen molar-refractivity contribution in [3.8, 4) is 0 Å². The lowest BCUT2D eigenvalue weighted by Gasteiger charge is -2.23. The summed E-state index contributed by atoms with van der Waals surface area (Å²) in [5.74, 6) is -0.109. The Bertz CT molecular complexity index is 1120. The first kappa shape index (κ1) is 21.1. The minimum atomic E-state index is -0.911. The zero-order valence-electron chi connectivity index (χ0n) is 17.3. The molecule has 2 heterocycles. The third-order valence-corrected chi connectivity index (χ3v) is 5.93. The fourth-order valence-corrected chi connectivity index (χ4v) is 4.32. The van der Waals surface area contributed by atoms with E-state index in [4.69, 9.17) is 0 Å². The van der Waals surface area contributed by atoms with Crippen LogP contribution in [0.2, 0.25) is 0 Å². The second-order valence-corrected chi connectivity index (χ2v) is 8.13. The molecule has 1 amide bonds. The molecule has 1 aliphatic heterocycles. The van der Waals surface area contributed by atoms with Gasteiger partial charge in [0.25, 0.3) is 5.56 Å². The minimum absolute atomic E-state index is 0.145. The van der Waals surface area contributed by atoms with Crippen molar-refractivity contribution in [2.45, 2.75) is 19.5 Å². The second-order valence-electron chi connectivity index (χ2n) is 8.13. The highest BCUT2D eigenvalue weighted by Gasteiger charge is 2.26. The van der Waals surface area contributed by atoms with Crippen molar-refractivity contribution in [2.24, 2.45) is 5.92 Å². The van der Waals surface area contributed by atoms with Crippen molar-refractivity contribution >= 4 is 17.0 Å². The average Bonchev–Trinajstić information content (AvgIpc) is 3.20. The van der Waals surface area contributed by atoms with Crippen LogP contribution in [0.4, 0.5) is 9.18 Å². The van der Waals surface area contributed by atoms with E-state index < -0.39 is 6.09 Å². The number of nitrogens with zero attached hydrogens (tertiary/aromatic N) is 3. The van der Waals surface area contributed by atoms with E-state index in [1.807, 2.05) is 30.3 Å². The molecule has 1 aromatic heterocycles. The van der Waals surface area contributed by atoms with Crippen molar-refractivity contribution in [2.75, 3.05) is 26.2 Å². The molecule has 4 rings (SSSR count). The zero-order valence-corrected chi connectivity index (χ0v) is 17.3. The van der Waals surface area contributed by atoms with E-state index in [2.05, 4.69) is 4.90 Å². The predicted molar refractivity (Wildman–Crippen MR) is 118 cm³/mol. The van der Waals surface area contributed by atoms with Crippen LogP contribution >= 0.6 is 0 Å². The summed E-state index contributed by atoms with van der Waals surface area (Å²) in [4.78, 5) is 27.8. The smallest absolute Gasteiger partial charge is 0.407 e. The number of carboxylic acid groups (broad SMARTS) is 1. The van der Waals surface area contributed by atoms with E-state index in [0.29, 0.717) is 31.7 Å². The van der Waals surface area contributed by atoms with E-state index in [9.17, 15) is 19.1 Å². The topological polar surface area (TPSA) is 65.8 Å². The molecule has 0 unspecified atom stereocenters. The lowest BCUT2D eigenvalue weighted by atomic mass is 10.1. The number of hydrogen-bond donors (Lipinski definition) is 1. The monoisotopic (exact) mass is 423 g/mol. The van der Waals surface area contributed by atoms with Gasteiger partial charge < -0.3 is 19.5 Å². The first-order valence-corrected chi connectivity index (χ1v) is 10.5. The maximum atomic E-state index is 13.7. The van der Waals surface area contributed by atoms with E-state index in [1.165, 1.54) is 23.1 Å². The maximum Gasteiger partial charge on any atom is 0.407 e. The molecular formula is C24H26FN3O3. The number of rotatable bonds is 7. The van der Waals surface area contributed by atoms with Crippen LogP contribution < -0.4 is 5.56 Å². The van der Waals surface area contributed by atoms with Crippen LogP contribution in [0.5, 0.6) is 0 Å². The summed E-state index contributed by atoms with van der Waals surface area (Å²) in [6.07, 6.45) is 0.00380. The summed E-state index contributed by atoms with van der Waals surface area (Å²) in [7, 11) is 0. The Morgan fingerprint density at radius 1 is 1.10 bits per heavy atom. The van der Waals surface area contributed by atoms with Crippen LogP contribution in [-0.4, -0.2) is 51.7 Å². The van der Waals surface area contributed by atoms with E-state index in [-0.39, 0.29) is 17.3 Å². The molecule has 0 bridgehead atoms. The summed E-state index contributed by atoms with van der Waals surface area (Å²) in [6.45, 7) is 3.64. The predicted octanol–water partition coefficient (Wildman–Crippen LogP) is 3.64. The van der Waals surface area contributed by atoms with Gasteiger partial charge in [0.2, 0.25) is 0 Å². The van der Waals surface area contributed by atoms with Crippen molar-refractivity contribution in [3.05, 3.63) is 82.4 Å². The first-order chi connectivity index (χ1) is 15.0. The highest BCUT2D eigenvalue weighted by molar-refractivity contribution is 5.78. The second kappa shape index (κ2) is 9.31. The van der Waals surface area contributed by atoms with E-state index in [1.54, 1.807) is 16.7 Å². The molecule has 1 N–H and O–H groups in total. The van der Waals surface area contributed by atoms with Crippen LogP contribution in [0.3, 0.4) is 0 Å². The number of benzene rings is 2. The van der Waals surface area contributed by atoms with Gasteiger partial charge in [0.05, 0.1) is 5.52 Å². The molecule has 1 saturated heterocycles. The van der Waals surface area contributed by atoms with Gasteiger partial charge in [-0.25, -0.2) is 9.18 Å². The number of pyridine rings is 1. The van der Waals surface area contributed by atoms with Crippen LogP contribution in [0, 0.1) is 11.7 Å². The lowest BCUT2D eigenvalue weighted by molar-refractivity contribution is 0.133. The average molecular weight is 423 g/mol. The van der Waals surface area contributed by atoms with Gasteiger partial charge in [0.15, 0.2) is 0 Å². The molecule has 1 aliphatic rings. The van der Waals surface area contributed by atoms with Crippen LogP contribution in [0.25, 0.3) is 10.9 Å². The summed E-state index contributed by atoms with van der Waals surface area (Å²) in [6, 6.07) is 17.3. The third-order valence-electron chi connectivity index (χ3n) is 5.93. The number of halogens is 1. The van der Waals surface area contributed by atoms with Crippen molar-refractivity contribution in [1.29, 1.82) is 0 Å². The largest absolute Gasteiger partial charge is 0.465 e. The molecule has 0 saturated carbocycles. The normalized spacial score (nSPS) is 16.6. The molecule has 3 aromatic rings. The Hall–Kier alpha value is -3.19. The Kier molecular flexibility index (Phi) is 6.32. The van der Waals surface area contributed by atoms with Gasteiger partial charge in [-0.1, -0.05) is 30.3 Å². The van der Waals surface area contributed by atoms with Crippen LogP contribution in [0.15, 0.2) is 65.5 Å². The van der Waals surface area contributed by atoms with Crippen LogP contribution in [0.1, 0.15) is 12.0 Å². The molecule has 0 spiro atoms. The molecule has 31 heavy (non-hydrogen) atoms. The van der Waals surface area contributed by atoms with Crippen LogP contribution in [-0.2, 0) is 13.1 Å². The summed E-state index contributed by atoms with van der Waals surface area (Å²) in [5.41, 5.74) is 1.43. The molecule has 6 nitrogen and oxygen atoms in total. The Labute approximate surface area is 180 Å².